The Morgan fingerprint density at radius 3 is 1.96 bits per heavy atom. The lowest BCUT2D eigenvalue weighted by atomic mass is 9.73. The van der Waals surface area contributed by atoms with Crippen LogP contribution in [-0.4, -0.2) is 34.1 Å². The van der Waals surface area contributed by atoms with E-state index >= 15 is 0 Å². The summed E-state index contributed by atoms with van der Waals surface area (Å²) in [5.41, 5.74) is -1.02. The molecule has 1 aromatic rings. The number of anilines is 1. The first-order valence-electron chi connectivity index (χ1n) is 7.39. The summed E-state index contributed by atoms with van der Waals surface area (Å²) >= 11 is 0. The second-order valence-corrected chi connectivity index (χ2v) is 6.62. The predicted octanol–water partition coefficient (Wildman–Crippen LogP) is 1.61. The molecule has 2 amide bonds. The van der Waals surface area contributed by atoms with Gasteiger partial charge in [0.15, 0.2) is 0 Å². The monoisotopic (exact) mass is 313 g/mol. The summed E-state index contributed by atoms with van der Waals surface area (Å²) in [5, 5.41) is 8.95. The molecule has 3 aliphatic rings. The highest BCUT2D eigenvalue weighted by molar-refractivity contribution is 6.23. The van der Waals surface area contributed by atoms with Gasteiger partial charge in [-0.3, -0.25) is 9.59 Å². The van der Waals surface area contributed by atoms with Crippen molar-refractivity contribution in [2.75, 3.05) is 4.90 Å². The number of carboxylic acid groups (broad SMARTS) is 1. The highest BCUT2D eigenvalue weighted by Gasteiger charge is 2.70. The quantitative estimate of drug-likeness (QED) is 0.662. The van der Waals surface area contributed by atoms with Crippen molar-refractivity contribution in [1.82, 2.24) is 0 Å². The van der Waals surface area contributed by atoms with Gasteiger partial charge in [0.25, 0.3) is 0 Å². The van der Waals surface area contributed by atoms with Gasteiger partial charge in [0.1, 0.15) is 0 Å². The zero-order valence-electron chi connectivity index (χ0n) is 12.6. The topological polar surface area (TPSA) is 83.9 Å². The van der Waals surface area contributed by atoms with Gasteiger partial charge in [0, 0.05) is 0 Å². The third kappa shape index (κ3) is 1.64. The lowest BCUT2D eigenvalue weighted by Gasteiger charge is -2.25. The van der Waals surface area contributed by atoms with Crippen molar-refractivity contribution in [2.45, 2.75) is 25.0 Å². The highest BCUT2D eigenvalue weighted by Crippen LogP contribution is 2.57. The van der Waals surface area contributed by atoms with Gasteiger partial charge in [0.05, 0.1) is 34.3 Å². The van der Waals surface area contributed by atoms with Crippen molar-refractivity contribution < 1.29 is 24.2 Å². The molecule has 118 valence electrons. The summed E-state index contributed by atoms with van der Waals surface area (Å²) in [7, 11) is 0. The minimum atomic E-state index is -1.05. The molecule has 2 fully saturated rings. The summed E-state index contributed by atoms with van der Waals surface area (Å²) in [6.45, 7) is 3.64. The van der Waals surface area contributed by atoms with E-state index in [4.69, 9.17) is 9.84 Å². The molecule has 2 bridgehead atoms. The number of fused-ring (bicyclic) bond motifs is 5. The number of carbonyl (C=O) groups excluding carboxylic acids is 2. The molecule has 1 N–H and O–H groups in total. The zero-order chi connectivity index (χ0) is 16.6. The number of carbonyl (C=O) groups is 3. The Balaban J connectivity index is 1.75. The maximum Gasteiger partial charge on any atom is 0.335 e. The third-order valence-electron chi connectivity index (χ3n) is 5.10. The number of nitrogens with zero attached hydrogens (tertiary/aromatic N) is 1. The van der Waals surface area contributed by atoms with Crippen LogP contribution in [0.15, 0.2) is 36.4 Å². The first-order valence-corrected chi connectivity index (χ1v) is 7.39. The van der Waals surface area contributed by atoms with Gasteiger partial charge in [-0.2, -0.15) is 0 Å². The number of hydrogen-bond acceptors (Lipinski definition) is 4. The predicted molar refractivity (Wildman–Crippen MR) is 79.9 cm³/mol. The molecule has 0 spiro atoms. The molecule has 1 aromatic carbocycles. The lowest BCUT2D eigenvalue weighted by Crippen LogP contribution is -2.39. The van der Waals surface area contributed by atoms with E-state index in [1.165, 1.54) is 24.3 Å². The van der Waals surface area contributed by atoms with E-state index in [1.54, 1.807) is 0 Å². The third-order valence-corrected chi connectivity index (χ3v) is 5.10. The summed E-state index contributed by atoms with van der Waals surface area (Å²) in [4.78, 5) is 37.7. The Hall–Kier alpha value is -2.47. The van der Waals surface area contributed by atoms with Crippen LogP contribution in [0.4, 0.5) is 5.69 Å². The van der Waals surface area contributed by atoms with Gasteiger partial charge in [-0.25, -0.2) is 9.69 Å². The standard InChI is InChI=1S/C17H15NO5/c1-16-7-8-17(2,23-16)12-11(16)13(19)18(14(12)20)10-5-3-9(4-6-10)15(21)22/h3-8,11-12H,1-2H3,(H,21,22)/t11-,12-,16-,17+/m0/s1. The average molecular weight is 313 g/mol. The van der Waals surface area contributed by atoms with E-state index in [1.807, 2.05) is 26.0 Å². The SMILES string of the molecule is C[C@]12C=C[C@](C)(O1)[C@@H]1C(=O)N(c3ccc(C(=O)O)cc3)C(=O)[C@H]12. The van der Waals surface area contributed by atoms with Crippen molar-refractivity contribution in [3.8, 4) is 0 Å². The number of rotatable bonds is 2. The van der Waals surface area contributed by atoms with Crippen LogP contribution >= 0.6 is 0 Å². The molecule has 3 heterocycles. The number of hydrogen-bond donors (Lipinski definition) is 1. The van der Waals surface area contributed by atoms with Crippen molar-refractivity contribution in [1.29, 1.82) is 0 Å². The van der Waals surface area contributed by atoms with Gasteiger partial charge in [0.2, 0.25) is 11.8 Å². The largest absolute Gasteiger partial charge is 0.478 e. The number of ether oxygens (including phenoxy) is 1. The molecule has 0 unspecified atom stereocenters. The normalized spacial score (nSPS) is 37.6. The zero-order valence-corrected chi connectivity index (χ0v) is 12.6. The van der Waals surface area contributed by atoms with Crippen molar-refractivity contribution in [3.63, 3.8) is 0 Å². The molecule has 2 saturated heterocycles. The number of carboxylic acids is 1. The molecule has 3 aliphatic heterocycles. The van der Waals surface area contributed by atoms with Gasteiger partial charge in [-0.05, 0) is 38.1 Å². The van der Waals surface area contributed by atoms with Crippen molar-refractivity contribution in [2.24, 2.45) is 11.8 Å². The van der Waals surface area contributed by atoms with Gasteiger partial charge >= 0.3 is 5.97 Å². The van der Waals surface area contributed by atoms with E-state index < -0.39 is 29.0 Å². The molecule has 4 atom stereocenters. The average Bonchev–Trinajstić information content (AvgIpc) is 3.04. The first kappa shape index (κ1) is 14.1. The van der Waals surface area contributed by atoms with E-state index in [9.17, 15) is 14.4 Å². The van der Waals surface area contributed by atoms with Gasteiger partial charge in [-0.15, -0.1) is 0 Å². The van der Waals surface area contributed by atoms with Crippen LogP contribution in [0.25, 0.3) is 0 Å². The van der Waals surface area contributed by atoms with Crippen LogP contribution in [0.5, 0.6) is 0 Å². The molecule has 0 saturated carbocycles. The van der Waals surface area contributed by atoms with E-state index in [0.717, 1.165) is 4.90 Å². The number of aromatic carboxylic acids is 1. The Bertz CT molecular complexity index is 747. The molecule has 6 heteroatoms. The van der Waals surface area contributed by atoms with Crippen LogP contribution in [-0.2, 0) is 14.3 Å². The Morgan fingerprint density at radius 2 is 1.52 bits per heavy atom. The lowest BCUT2D eigenvalue weighted by molar-refractivity contribution is -0.128. The minimum Gasteiger partial charge on any atom is -0.478 e. The minimum absolute atomic E-state index is 0.108. The van der Waals surface area contributed by atoms with Gasteiger partial charge < -0.3 is 9.84 Å². The number of imide groups is 1. The van der Waals surface area contributed by atoms with Crippen LogP contribution < -0.4 is 4.90 Å². The molecule has 0 aromatic heterocycles. The Kier molecular flexibility index (Phi) is 2.51. The fraction of sp³-hybridized carbons (Fsp3) is 0.353. The summed E-state index contributed by atoms with van der Waals surface area (Å²) in [6, 6.07) is 5.75. The van der Waals surface area contributed by atoms with Gasteiger partial charge in [-0.1, -0.05) is 12.2 Å². The summed E-state index contributed by atoms with van der Waals surface area (Å²) < 4.78 is 5.93. The van der Waals surface area contributed by atoms with Crippen molar-refractivity contribution in [3.05, 3.63) is 42.0 Å². The summed E-state index contributed by atoms with van der Waals surface area (Å²) in [6.07, 6.45) is 3.72. The smallest absolute Gasteiger partial charge is 0.335 e. The molecule has 4 rings (SSSR count). The summed E-state index contributed by atoms with van der Waals surface area (Å²) in [5.74, 6) is -2.71. The highest BCUT2D eigenvalue weighted by atomic mass is 16.5. The molecular formula is C17H15NO5. The van der Waals surface area contributed by atoms with Crippen LogP contribution in [0.3, 0.4) is 0 Å². The molecule has 0 aliphatic carbocycles. The maximum atomic E-state index is 12.8. The van der Waals surface area contributed by atoms with E-state index in [2.05, 4.69) is 0 Å². The molecular weight excluding hydrogens is 298 g/mol. The second-order valence-electron chi connectivity index (χ2n) is 6.62. The number of benzene rings is 1. The second kappa shape index (κ2) is 4.08. The van der Waals surface area contributed by atoms with Crippen LogP contribution in [0.1, 0.15) is 24.2 Å². The van der Waals surface area contributed by atoms with E-state index in [0.29, 0.717) is 5.69 Å². The van der Waals surface area contributed by atoms with Crippen LogP contribution in [0.2, 0.25) is 0 Å². The van der Waals surface area contributed by atoms with E-state index in [-0.39, 0.29) is 17.4 Å². The van der Waals surface area contributed by atoms with Crippen LogP contribution in [0, 0.1) is 11.8 Å². The fourth-order valence-corrected chi connectivity index (χ4v) is 4.04. The fourth-order valence-electron chi connectivity index (χ4n) is 4.04. The Morgan fingerprint density at radius 1 is 1.04 bits per heavy atom. The first-order chi connectivity index (χ1) is 10.8. The molecule has 0 radical (unpaired) electrons. The molecule has 6 nitrogen and oxygen atoms in total. The maximum absolute atomic E-state index is 12.8. The van der Waals surface area contributed by atoms with Crippen molar-refractivity contribution >= 4 is 23.5 Å². The molecule has 23 heavy (non-hydrogen) atoms. The Labute approximate surface area is 132 Å². The number of amides is 2.